The number of hydrogen-bond donors (Lipinski definition) is 0. The van der Waals surface area contributed by atoms with Crippen LogP contribution >= 0.6 is 15.9 Å². The zero-order valence-corrected chi connectivity index (χ0v) is 12.2. The molecule has 100 valence electrons. The molecular weight excluding hydrogens is 322 g/mol. The molecule has 0 aliphatic carbocycles. The van der Waals surface area contributed by atoms with E-state index in [2.05, 4.69) is 22.5 Å². The van der Waals surface area contributed by atoms with E-state index in [-0.39, 0.29) is 0 Å². The highest BCUT2D eigenvalue weighted by Crippen LogP contribution is 2.33. The van der Waals surface area contributed by atoms with E-state index in [4.69, 9.17) is 0 Å². The summed E-state index contributed by atoms with van der Waals surface area (Å²) < 4.78 is 29.2. The Bertz CT molecular complexity index is 837. The first-order chi connectivity index (χ1) is 9.61. The lowest BCUT2D eigenvalue weighted by molar-refractivity contribution is 0.525. The van der Waals surface area contributed by atoms with E-state index >= 15 is 0 Å². The highest BCUT2D eigenvalue weighted by molar-refractivity contribution is 9.10. The predicted octanol–water partition coefficient (Wildman–Crippen LogP) is 5.76. The average molecular weight is 333 g/mol. The first-order valence-corrected chi connectivity index (χ1v) is 7.01. The van der Waals surface area contributed by atoms with Gasteiger partial charge in [-0.3, -0.25) is 0 Å². The molecule has 0 radical (unpaired) electrons. The molecule has 0 saturated carbocycles. The molecule has 0 unspecified atom stereocenters. The lowest BCUT2D eigenvalue weighted by Gasteiger charge is -2.09. The smallest absolute Gasteiger partial charge is 0.167 e. The number of fused-ring (bicyclic) bond motifs is 3. The fourth-order valence-corrected chi connectivity index (χ4v) is 2.83. The van der Waals surface area contributed by atoms with Crippen molar-refractivity contribution in [1.29, 1.82) is 0 Å². The van der Waals surface area contributed by atoms with Crippen molar-refractivity contribution in [3.63, 3.8) is 0 Å². The van der Waals surface area contributed by atoms with Crippen LogP contribution in [0.25, 0.3) is 21.5 Å². The summed E-state index contributed by atoms with van der Waals surface area (Å²) in [6.07, 6.45) is 2.38. The van der Waals surface area contributed by atoms with Crippen molar-refractivity contribution in [2.75, 3.05) is 0 Å². The zero-order chi connectivity index (χ0) is 14.3. The van der Waals surface area contributed by atoms with Gasteiger partial charge in [-0.2, -0.15) is 0 Å². The monoisotopic (exact) mass is 332 g/mol. The van der Waals surface area contributed by atoms with E-state index in [1.807, 2.05) is 18.2 Å². The normalized spacial score (nSPS) is 11.2. The van der Waals surface area contributed by atoms with Crippen LogP contribution < -0.4 is 0 Å². The van der Waals surface area contributed by atoms with Crippen LogP contribution in [0.2, 0.25) is 0 Å². The second kappa shape index (κ2) is 4.98. The van der Waals surface area contributed by atoms with Crippen molar-refractivity contribution in [1.82, 2.24) is 0 Å². The van der Waals surface area contributed by atoms with Gasteiger partial charge in [0.2, 0.25) is 0 Å². The molecule has 0 saturated heterocycles. The Morgan fingerprint density at radius 1 is 0.900 bits per heavy atom. The number of halogens is 3. The molecule has 0 heterocycles. The van der Waals surface area contributed by atoms with Crippen LogP contribution in [0, 0.1) is 11.6 Å². The molecule has 0 atom stereocenters. The first kappa shape index (κ1) is 13.3. The quantitative estimate of drug-likeness (QED) is 0.413. The molecule has 3 heteroatoms. The molecule has 0 aliphatic rings. The van der Waals surface area contributed by atoms with Crippen molar-refractivity contribution >= 4 is 37.5 Å². The molecular formula is C17H11BrF2. The van der Waals surface area contributed by atoms with E-state index in [1.54, 1.807) is 24.3 Å². The van der Waals surface area contributed by atoms with Gasteiger partial charge in [0.25, 0.3) is 0 Å². The number of rotatable bonds is 2. The third-order valence-corrected chi connectivity index (χ3v) is 3.89. The van der Waals surface area contributed by atoms with Gasteiger partial charge in [-0.15, -0.1) is 6.58 Å². The van der Waals surface area contributed by atoms with Crippen molar-refractivity contribution in [2.45, 2.75) is 6.42 Å². The molecule has 3 rings (SSSR count). The predicted molar refractivity (Wildman–Crippen MR) is 83.0 cm³/mol. The Morgan fingerprint density at radius 2 is 1.50 bits per heavy atom. The van der Waals surface area contributed by atoms with Gasteiger partial charge in [0.05, 0.1) is 0 Å². The van der Waals surface area contributed by atoms with Gasteiger partial charge in [0.1, 0.15) is 0 Å². The van der Waals surface area contributed by atoms with Crippen molar-refractivity contribution < 1.29 is 8.78 Å². The maximum absolute atomic E-state index is 14.3. The minimum Gasteiger partial charge on any atom is -0.203 e. The minimum atomic E-state index is -0.801. The lowest BCUT2D eigenvalue weighted by atomic mass is 9.98. The Balaban J connectivity index is 2.45. The van der Waals surface area contributed by atoms with Crippen LogP contribution in [0.1, 0.15) is 5.56 Å². The molecule has 3 aromatic rings. The molecule has 0 spiro atoms. The molecule has 0 amide bonds. The SMILES string of the molecule is C=CCc1ccc2c(c1)c(F)c(F)c1cc(Br)ccc12. The third-order valence-electron chi connectivity index (χ3n) is 3.40. The summed E-state index contributed by atoms with van der Waals surface area (Å²) in [6, 6.07) is 10.7. The Morgan fingerprint density at radius 3 is 2.15 bits per heavy atom. The molecule has 20 heavy (non-hydrogen) atoms. The number of allylic oxidation sites excluding steroid dienone is 1. The summed E-state index contributed by atoms with van der Waals surface area (Å²) in [7, 11) is 0. The highest BCUT2D eigenvalue weighted by Gasteiger charge is 2.14. The average Bonchev–Trinajstić information content (AvgIpc) is 2.45. The molecule has 0 aliphatic heterocycles. The van der Waals surface area contributed by atoms with Gasteiger partial charge >= 0.3 is 0 Å². The fraction of sp³-hybridized carbons (Fsp3) is 0.0588. The summed E-state index contributed by atoms with van der Waals surface area (Å²) in [5.41, 5.74) is 0.919. The topological polar surface area (TPSA) is 0 Å². The molecule has 3 aromatic carbocycles. The van der Waals surface area contributed by atoms with Gasteiger partial charge in [-0.05, 0) is 41.0 Å². The summed E-state index contributed by atoms with van der Waals surface area (Å²) in [5, 5.41) is 2.05. The molecule has 0 bridgehead atoms. The highest BCUT2D eigenvalue weighted by atomic mass is 79.9. The Hall–Kier alpha value is -1.74. The standard InChI is InChI=1S/C17H11BrF2/c1-2-3-10-4-6-12-13-7-5-11(18)9-15(13)17(20)16(19)14(12)8-10/h2,4-9H,1,3H2. The van der Waals surface area contributed by atoms with E-state index in [1.165, 1.54) is 0 Å². The van der Waals surface area contributed by atoms with E-state index in [0.29, 0.717) is 22.6 Å². The third kappa shape index (κ3) is 2.02. The summed E-state index contributed by atoms with van der Waals surface area (Å²) in [5.74, 6) is -1.60. The fourth-order valence-electron chi connectivity index (χ4n) is 2.47. The minimum absolute atomic E-state index is 0.292. The summed E-state index contributed by atoms with van der Waals surface area (Å²) in [6.45, 7) is 3.66. The zero-order valence-electron chi connectivity index (χ0n) is 10.6. The Labute approximate surface area is 123 Å². The maximum atomic E-state index is 14.3. The molecule has 0 N–H and O–H groups in total. The van der Waals surface area contributed by atoms with E-state index in [0.717, 1.165) is 15.4 Å². The Kier molecular flexibility index (Phi) is 3.30. The number of benzene rings is 3. The van der Waals surface area contributed by atoms with Gasteiger partial charge in [-0.25, -0.2) is 8.78 Å². The van der Waals surface area contributed by atoms with E-state index in [9.17, 15) is 8.78 Å². The van der Waals surface area contributed by atoms with Crippen LogP contribution in [-0.4, -0.2) is 0 Å². The second-order valence-corrected chi connectivity index (χ2v) is 5.61. The molecule has 0 aromatic heterocycles. The summed E-state index contributed by atoms with van der Waals surface area (Å²) in [4.78, 5) is 0. The van der Waals surface area contributed by atoms with Gasteiger partial charge in [-0.1, -0.05) is 40.2 Å². The van der Waals surface area contributed by atoms with Gasteiger partial charge in [0.15, 0.2) is 11.6 Å². The van der Waals surface area contributed by atoms with Crippen LogP contribution in [0.4, 0.5) is 8.78 Å². The van der Waals surface area contributed by atoms with Gasteiger partial charge in [0, 0.05) is 15.2 Å². The van der Waals surface area contributed by atoms with Crippen LogP contribution in [0.3, 0.4) is 0 Å². The van der Waals surface area contributed by atoms with Crippen molar-refractivity contribution in [3.05, 3.63) is 70.7 Å². The maximum Gasteiger partial charge on any atom is 0.167 e. The largest absolute Gasteiger partial charge is 0.203 e. The van der Waals surface area contributed by atoms with E-state index < -0.39 is 11.6 Å². The second-order valence-electron chi connectivity index (χ2n) is 4.69. The van der Waals surface area contributed by atoms with Crippen LogP contribution in [0.15, 0.2) is 53.5 Å². The lowest BCUT2D eigenvalue weighted by Crippen LogP contribution is -1.92. The first-order valence-electron chi connectivity index (χ1n) is 6.21. The van der Waals surface area contributed by atoms with Crippen LogP contribution in [0.5, 0.6) is 0 Å². The molecule has 0 fully saturated rings. The van der Waals surface area contributed by atoms with Crippen molar-refractivity contribution in [2.24, 2.45) is 0 Å². The molecule has 0 nitrogen and oxygen atoms in total. The summed E-state index contributed by atoms with van der Waals surface area (Å²) >= 11 is 3.29. The van der Waals surface area contributed by atoms with Crippen molar-refractivity contribution in [3.8, 4) is 0 Å². The van der Waals surface area contributed by atoms with Gasteiger partial charge < -0.3 is 0 Å². The number of hydrogen-bond acceptors (Lipinski definition) is 0. The van der Waals surface area contributed by atoms with Crippen LogP contribution in [-0.2, 0) is 6.42 Å².